The summed E-state index contributed by atoms with van der Waals surface area (Å²) in [5.74, 6) is -0.834. The molecule has 2 aromatic rings. The topological polar surface area (TPSA) is 89.5 Å². The highest BCUT2D eigenvalue weighted by atomic mass is 32.2. The first-order valence-electron chi connectivity index (χ1n) is 7.20. The number of ether oxygens (including phenoxy) is 1. The van der Waals surface area contributed by atoms with Gasteiger partial charge in [0.25, 0.3) is 0 Å². The van der Waals surface area contributed by atoms with Crippen LogP contribution in [0, 0.1) is 5.82 Å². The highest BCUT2D eigenvalue weighted by molar-refractivity contribution is 7.90. The second kappa shape index (κ2) is 7.11. The van der Waals surface area contributed by atoms with Gasteiger partial charge in [-0.15, -0.1) is 0 Å². The number of hydrogen-bond acceptors (Lipinski definition) is 5. The molecule has 0 fully saturated rings. The number of halogens is 1. The summed E-state index contributed by atoms with van der Waals surface area (Å²) in [5.41, 5.74) is 0.574. The first-order chi connectivity index (χ1) is 11.5. The van der Waals surface area contributed by atoms with Crippen molar-refractivity contribution in [3.05, 3.63) is 53.8 Å². The molecule has 0 heterocycles. The first kappa shape index (κ1) is 19.4. The minimum atomic E-state index is -3.96. The monoisotopic (exact) mass is 387 g/mol. The van der Waals surface area contributed by atoms with Crippen LogP contribution in [0.1, 0.15) is 18.5 Å². The molecule has 25 heavy (non-hydrogen) atoms. The Morgan fingerprint density at radius 1 is 1.00 bits per heavy atom. The minimum Gasteiger partial charge on any atom is -0.494 e. The first-order valence-corrected chi connectivity index (χ1v) is 10.6. The van der Waals surface area contributed by atoms with Crippen LogP contribution in [0.15, 0.2) is 52.3 Å². The van der Waals surface area contributed by atoms with Crippen LogP contribution in [-0.2, 0) is 19.9 Å². The number of methoxy groups -OCH3 is 1. The normalized spacial score (nSPS) is 13.4. The molecule has 0 aromatic heterocycles. The number of nitrogens with one attached hydrogen (secondary N) is 1. The molecule has 2 rings (SSSR count). The van der Waals surface area contributed by atoms with Crippen LogP contribution in [-0.4, -0.2) is 30.2 Å². The average molecular weight is 387 g/mol. The van der Waals surface area contributed by atoms with E-state index in [0.29, 0.717) is 5.56 Å². The van der Waals surface area contributed by atoms with Crippen molar-refractivity contribution in [3.63, 3.8) is 0 Å². The van der Waals surface area contributed by atoms with Gasteiger partial charge in [-0.3, -0.25) is 0 Å². The Bertz CT molecular complexity index is 970. The van der Waals surface area contributed by atoms with Crippen molar-refractivity contribution in [2.75, 3.05) is 13.4 Å². The molecule has 0 bridgehead atoms. The van der Waals surface area contributed by atoms with Crippen molar-refractivity contribution in [2.24, 2.45) is 0 Å². The molecule has 0 amide bonds. The zero-order valence-corrected chi connectivity index (χ0v) is 15.5. The summed E-state index contributed by atoms with van der Waals surface area (Å²) in [4.78, 5) is -0.0889. The van der Waals surface area contributed by atoms with Gasteiger partial charge in [-0.2, -0.15) is 0 Å². The van der Waals surface area contributed by atoms with Crippen molar-refractivity contribution in [2.45, 2.75) is 22.8 Å². The Labute approximate surface area is 146 Å². The van der Waals surface area contributed by atoms with Crippen LogP contribution < -0.4 is 9.46 Å². The molecule has 0 spiro atoms. The molecule has 6 nitrogen and oxygen atoms in total. The maximum Gasteiger partial charge on any atom is 0.241 e. The van der Waals surface area contributed by atoms with E-state index in [9.17, 15) is 21.2 Å². The van der Waals surface area contributed by atoms with Crippen LogP contribution in [0.2, 0.25) is 0 Å². The Morgan fingerprint density at radius 2 is 1.56 bits per heavy atom. The average Bonchev–Trinajstić information content (AvgIpc) is 2.53. The number of benzene rings is 2. The second-order valence-electron chi connectivity index (χ2n) is 5.48. The molecule has 136 valence electrons. The van der Waals surface area contributed by atoms with E-state index in [0.717, 1.165) is 12.3 Å². The smallest absolute Gasteiger partial charge is 0.241 e. The molecule has 0 saturated carbocycles. The number of hydrogen-bond donors (Lipinski definition) is 1. The zero-order valence-electron chi connectivity index (χ0n) is 13.9. The summed E-state index contributed by atoms with van der Waals surface area (Å²) in [6.45, 7) is 1.60. The summed E-state index contributed by atoms with van der Waals surface area (Å²) in [5, 5.41) is 0. The Kier molecular flexibility index (Phi) is 5.50. The number of rotatable bonds is 6. The van der Waals surface area contributed by atoms with Crippen molar-refractivity contribution in [1.29, 1.82) is 0 Å². The predicted molar refractivity (Wildman–Crippen MR) is 91.2 cm³/mol. The quantitative estimate of drug-likeness (QED) is 0.821. The minimum absolute atomic E-state index is 0.0524. The van der Waals surface area contributed by atoms with Crippen molar-refractivity contribution in [1.82, 2.24) is 4.72 Å². The van der Waals surface area contributed by atoms with Crippen molar-refractivity contribution in [3.8, 4) is 5.75 Å². The summed E-state index contributed by atoms with van der Waals surface area (Å²) in [7, 11) is -6.00. The van der Waals surface area contributed by atoms with Gasteiger partial charge in [0.05, 0.1) is 16.9 Å². The molecule has 0 unspecified atom stereocenters. The van der Waals surface area contributed by atoms with Crippen LogP contribution in [0.4, 0.5) is 4.39 Å². The van der Waals surface area contributed by atoms with E-state index in [1.807, 2.05) is 0 Å². The lowest BCUT2D eigenvalue weighted by atomic mass is 10.1. The summed E-state index contributed by atoms with van der Waals surface area (Å²) in [6, 6.07) is 8.57. The van der Waals surface area contributed by atoms with Gasteiger partial charge in [0.2, 0.25) is 10.0 Å². The second-order valence-corrected chi connectivity index (χ2v) is 9.21. The van der Waals surface area contributed by atoms with Gasteiger partial charge in [0.1, 0.15) is 0 Å². The van der Waals surface area contributed by atoms with Gasteiger partial charge in [-0.1, -0.05) is 12.1 Å². The third kappa shape index (κ3) is 4.56. The Morgan fingerprint density at radius 3 is 2.04 bits per heavy atom. The van der Waals surface area contributed by atoms with Gasteiger partial charge >= 0.3 is 0 Å². The molecule has 1 atom stereocenters. The maximum absolute atomic E-state index is 13.7. The predicted octanol–water partition coefficient (Wildman–Crippen LogP) is 2.28. The third-order valence-electron chi connectivity index (χ3n) is 3.57. The maximum atomic E-state index is 13.7. The molecule has 0 aliphatic heterocycles. The number of sulfonamides is 1. The summed E-state index contributed by atoms with van der Waals surface area (Å²) in [6.07, 6.45) is 1.09. The van der Waals surface area contributed by atoms with E-state index in [-0.39, 0.29) is 15.5 Å². The molecule has 0 aliphatic rings. The van der Waals surface area contributed by atoms with E-state index in [2.05, 4.69) is 4.72 Å². The van der Waals surface area contributed by atoms with E-state index < -0.39 is 31.7 Å². The molecular formula is C16H18FNO5S2. The highest BCUT2D eigenvalue weighted by Gasteiger charge is 2.20. The fourth-order valence-electron chi connectivity index (χ4n) is 2.19. The van der Waals surface area contributed by atoms with Crippen molar-refractivity contribution >= 4 is 19.9 Å². The van der Waals surface area contributed by atoms with E-state index >= 15 is 0 Å². The lowest BCUT2D eigenvalue weighted by Gasteiger charge is -2.15. The highest BCUT2D eigenvalue weighted by Crippen LogP contribution is 2.23. The Hall–Kier alpha value is -1.97. The molecule has 0 radical (unpaired) electrons. The lowest BCUT2D eigenvalue weighted by Crippen LogP contribution is -2.27. The molecular weight excluding hydrogens is 369 g/mol. The molecule has 9 heteroatoms. The number of sulfone groups is 1. The summed E-state index contributed by atoms with van der Waals surface area (Å²) < 4.78 is 68.6. The van der Waals surface area contributed by atoms with E-state index in [4.69, 9.17) is 4.74 Å². The summed E-state index contributed by atoms with van der Waals surface area (Å²) >= 11 is 0. The molecule has 1 N–H and O–H groups in total. The van der Waals surface area contributed by atoms with Crippen LogP contribution in [0.25, 0.3) is 0 Å². The van der Waals surface area contributed by atoms with Gasteiger partial charge < -0.3 is 4.74 Å². The van der Waals surface area contributed by atoms with E-state index in [1.54, 1.807) is 6.92 Å². The van der Waals surface area contributed by atoms with E-state index in [1.165, 1.54) is 43.5 Å². The van der Waals surface area contributed by atoms with Gasteiger partial charge in [-0.05, 0) is 42.8 Å². The largest absolute Gasteiger partial charge is 0.494 e. The fraction of sp³-hybridized carbons (Fsp3) is 0.250. The van der Waals surface area contributed by atoms with Crippen LogP contribution >= 0.6 is 0 Å². The SMILES string of the molecule is COc1ccc(S(=O)(=O)N[C@@H](C)c2ccc(S(C)(=O)=O)cc2)cc1F. The molecule has 0 saturated heterocycles. The van der Waals surface area contributed by atoms with Gasteiger partial charge in [0.15, 0.2) is 21.4 Å². The lowest BCUT2D eigenvalue weighted by molar-refractivity contribution is 0.385. The Balaban J connectivity index is 2.24. The molecule has 2 aromatic carbocycles. The van der Waals surface area contributed by atoms with Gasteiger partial charge in [0, 0.05) is 12.3 Å². The van der Waals surface area contributed by atoms with Crippen LogP contribution in [0.3, 0.4) is 0 Å². The molecule has 0 aliphatic carbocycles. The third-order valence-corrected chi connectivity index (χ3v) is 6.24. The standard InChI is InChI=1S/C16H18FNO5S2/c1-11(12-4-6-13(7-5-12)24(3,19)20)18-25(21,22)14-8-9-16(23-2)15(17)10-14/h4-11,18H,1-3H3/t11-/m0/s1. The van der Waals surface area contributed by atoms with Gasteiger partial charge in [-0.25, -0.2) is 25.9 Å². The van der Waals surface area contributed by atoms with Crippen LogP contribution in [0.5, 0.6) is 5.75 Å². The zero-order chi connectivity index (χ0) is 18.8. The van der Waals surface area contributed by atoms with Crippen molar-refractivity contribution < 1.29 is 26.0 Å². The fourth-order valence-corrected chi connectivity index (χ4v) is 4.06.